The van der Waals surface area contributed by atoms with Crippen LogP contribution >= 0.6 is 11.3 Å². The van der Waals surface area contributed by atoms with Crippen molar-refractivity contribution in [1.29, 1.82) is 0 Å². The molecule has 9 rings (SSSR count). The molecular formula is C43H31NS. The molecule has 214 valence electrons. The van der Waals surface area contributed by atoms with E-state index < -0.39 is 0 Å². The highest BCUT2D eigenvalue weighted by molar-refractivity contribution is 7.25. The van der Waals surface area contributed by atoms with E-state index in [9.17, 15) is 0 Å². The molecule has 0 amide bonds. The fourth-order valence-electron chi connectivity index (χ4n) is 7.48. The highest BCUT2D eigenvalue weighted by Gasteiger charge is 2.38. The van der Waals surface area contributed by atoms with E-state index in [0.717, 1.165) is 5.69 Å². The maximum Gasteiger partial charge on any atom is 0.0508 e. The van der Waals surface area contributed by atoms with Gasteiger partial charge in [-0.3, -0.25) is 0 Å². The Labute approximate surface area is 267 Å². The van der Waals surface area contributed by atoms with E-state index in [0.29, 0.717) is 0 Å². The summed E-state index contributed by atoms with van der Waals surface area (Å²) < 4.78 is 2.64. The van der Waals surface area contributed by atoms with Gasteiger partial charge < -0.3 is 4.90 Å². The lowest BCUT2D eigenvalue weighted by Crippen LogP contribution is -2.20. The summed E-state index contributed by atoms with van der Waals surface area (Å²) in [4.78, 5) is 2.49. The number of nitrogens with zero attached hydrogens (tertiary/aromatic N) is 1. The zero-order valence-corrected chi connectivity index (χ0v) is 26.1. The van der Waals surface area contributed by atoms with E-state index in [-0.39, 0.29) is 5.41 Å². The summed E-state index contributed by atoms with van der Waals surface area (Å²) >= 11 is 1.87. The number of rotatable bonds is 4. The molecule has 1 aliphatic carbocycles. The highest BCUT2D eigenvalue weighted by Crippen LogP contribution is 2.54. The standard InChI is InChI=1S/C43H31NS/c1-43(2)38-18-7-5-15-34(38)36-17-10-19-39(42(36)43)44(33-23-24-41-37(27-33)35-16-6-8-20-40(35)45-41)32-14-9-13-30(26-32)31-22-21-28-11-3-4-12-29(28)25-31/h3-27H,1-2H3. The first-order valence-electron chi connectivity index (χ1n) is 15.6. The summed E-state index contributed by atoms with van der Waals surface area (Å²) in [6.07, 6.45) is 0. The number of fused-ring (bicyclic) bond motifs is 7. The van der Waals surface area contributed by atoms with Crippen LogP contribution in [0.25, 0.3) is 53.2 Å². The second-order valence-corrected chi connectivity index (χ2v) is 13.7. The zero-order chi connectivity index (χ0) is 30.1. The van der Waals surface area contributed by atoms with Gasteiger partial charge in [-0.05, 0) is 92.7 Å². The second kappa shape index (κ2) is 9.92. The predicted octanol–water partition coefficient (Wildman–Crippen LogP) is 12.7. The molecule has 0 saturated carbocycles. The minimum absolute atomic E-state index is 0.143. The van der Waals surface area contributed by atoms with Crippen LogP contribution in [0.3, 0.4) is 0 Å². The van der Waals surface area contributed by atoms with Gasteiger partial charge in [0, 0.05) is 37.0 Å². The smallest absolute Gasteiger partial charge is 0.0508 e. The molecule has 0 spiro atoms. The zero-order valence-electron chi connectivity index (χ0n) is 25.3. The summed E-state index contributed by atoms with van der Waals surface area (Å²) in [5.74, 6) is 0. The van der Waals surface area contributed by atoms with Gasteiger partial charge in [-0.1, -0.05) is 117 Å². The first-order chi connectivity index (χ1) is 22.1. The van der Waals surface area contributed by atoms with Crippen molar-refractivity contribution < 1.29 is 0 Å². The Morgan fingerprint density at radius 2 is 1.20 bits per heavy atom. The van der Waals surface area contributed by atoms with Crippen molar-refractivity contribution >= 4 is 59.3 Å². The van der Waals surface area contributed by atoms with Crippen LogP contribution < -0.4 is 4.90 Å². The molecule has 0 unspecified atom stereocenters. The van der Waals surface area contributed by atoms with Crippen LogP contribution in [-0.4, -0.2) is 0 Å². The Balaban J connectivity index is 1.29. The van der Waals surface area contributed by atoms with Gasteiger partial charge in [-0.15, -0.1) is 11.3 Å². The lowest BCUT2D eigenvalue weighted by molar-refractivity contribution is 0.661. The summed E-state index contributed by atoms with van der Waals surface area (Å²) in [5.41, 5.74) is 11.3. The first-order valence-corrected chi connectivity index (χ1v) is 16.4. The summed E-state index contributed by atoms with van der Waals surface area (Å²) in [5, 5.41) is 5.14. The van der Waals surface area contributed by atoms with Crippen LogP contribution in [0, 0.1) is 0 Å². The molecule has 1 heterocycles. The lowest BCUT2D eigenvalue weighted by atomic mass is 9.81. The van der Waals surface area contributed by atoms with Crippen molar-refractivity contribution in [2.75, 3.05) is 4.90 Å². The molecule has 0 fully saturated rings. The molecule has 0 atom stereocenters. The van der Waals surface area contributed by atoms with Crippen molar-refractivity contribution in [2.24, 2.45) is 0 Å². The molecule has 45 heavy (non-hydrogen) atoms. The van der Waals surface area contributed by atoms with Crippen molar-refractivity contribution in [1.82, 2.24) is 0 Å². The fourth-order valence-corrected chi connectivity index (χ4v) is 8.57. The molecule has 0 N–H and O–H groups in total. The van der Waals surface area contributed by atoms with Crippen LogP contribution in [0.2, 0.25) is 0 Å². The molecule has 7 aromatic carbocycles. The van der Waals surface area contributed by atoms with Crippen LogP contribution in [0.4, 0.5) is 17.1 Å². The first kappa shape index (κ1) is 26.2. The average molecular weight is 594 g/mol. The third kappa shape index (κ3) is 4.06. The van der Waals surface area contributed by atoms with Crippen LogP contribution in [0.15, 0.2) is 152 Å². The number of hydrogen-bond donors (Lipinski definition) is 0. The number of benzene rings is 7. The minimum Gasteiger partial charge on any atom is -0.310 e. The Kier molecular flexibility index (Phi) is 5.78. The largest absolute Gasteiger partial charge is 0.310 e. The second-order valence-electron chi connectivity index (χ2n) is 12.6. The Hall–Kier alpha value is -5.18. The predicted molar refractivity (Wildman–Crippen MR) is 195 cm³/mol. The maximum absolute atomic E-state index is 2.49. The van der Waals surface area contributed by atoms with Crippen LogP contribution in [0.5, 0.6) is 0 Å². The van der Waals surface area contributed by atoms with E-state index >= 15 is 0 Å². The molecule has 2 heteroatoms. The van der Waals surface area contributed by atoms with Gasteiger partial charge in [-0.25, -0.2) is 0 Å². The van der Waals surface area contributed by atoms with Gasteiger partial charge in [0.2, 0.25) is 0 Å². The van der Waals surface area contributed by atoms with Gasteiger partial charge in [0.1, 0.15) is 0 Å². The molecular weight excluding hydrogens is 563 g/mol. The van der Waals surface area contributed by atoms with Gasteiger partial charge in [0.15, 0.2) is 0 Å². The van der Waals surface area contributed by atoms with E-state index in [2.05, 4.69) is 170 Å². The molecule has 0 bridgehead atoms. The van der Waals surface area contributed by atoms with Gasteiger partial charge in [0.05, 0.1) is 5.69 Å². The lowest BCUT2D eigenvalue weighted by Gasteiger charge is -2.32. The van der Waals surface area contributed by atoms with Crippen molar-refractivity contribution in [3.8, 4) is 22.3 Å². The molecule has 8 aromatic rings. The topological polar surface area (TPSA) is 3.24 Å². The molecule has 1 aliphatic rings. The summed E-state index contributed by atoms with van der Waals surface area (Å²) in [6, 6.07) is 55.9. The summed E-state index contributed by atoms with van der Waals surface area (Å²) in [7, 11) is 0. The van der Waals surface area contributed by atoms with E-state index in [4.69, 9.17) is 0 Å². The highest BCUT2D eigenvalue weighted by atomic mass is 32.1. The maximum atomic E-state index is 2.49. The summed E-state index contributed by atoms with van der Waals surface area (Å²) in [6.45, 7) is 4.75. The van der Waals surface area contributed by atoms with Gasteiger partial charge in [0.25, 0.3) is 0 Å². The molecule has 0 aliphatic heterocycles. The van der Waals surface area contributed by atoms with Crippen molar-refractivity contribution in [2.45, 2.75) is 19.3 Å². The van der Waals surface area contributed by atoms with E-state index in [1.54, 1.807) is 0 Å². The van der Waals surface area contributed by atoms with Crippen LogP contribution in [-0.2, 0) is 5.41 Å². The number of anilines is 3. The number of thiophene rings is 1. The number of hydrogen-bond acceptors (Lipinski definition) is 2. The van der Waals surface area contributed by atoms with E-state index in [1.165, 1.54) is 75.7 Å². The fraction of sp³-hybridized carbons (Fsp3) is 0.0698. The minimum atomic E-state index is -0.143. The van der Waals surface area contributed by atoms with E-state index in [1.807, 2.05) is 11.3 Å². The molecule has 0 saturated heterocycles. The van der Waals surface area contributed by atoms with Crippen molar-refractivity contribution in [3.05, 3.63) is 163 Å². The Morgan fingerprint density at radius 1 is 0.489 bits per heavy atom. The monoisotopic (exact) mass is 593 g/mol. The van der Waals surface area contributed by atoms with Gasteiger partial charge >= 0.3 is 0 Å². The van der Waals surface area contributed by atoms with Gasteiger partial charge in [-0.2, -0.15) is 0 Å². The third-order valence-electron chi connectivity index (χ3n) is 9.60. The molecule has 1 aromatic heterocycles. The van der Waals surface area contributed by atoms with Crippen LogP contribution in [0.1, 0.15) is 25.0 Å². The molecule has 1 nitrogen and oxygen atoms in total. The quantitative estimate of drug-likeness (QED) is 0.196. The average Bonchev–Trinajstić information content (AvgIpc) is 3.57. The SMILES string of the molecule is CC1(C)c2ccccc2-c2cccc(N(c3cccc(-c4ccc5ccccc5c4)c3)c3ccc4sc5ccccc5c4c3)c21. The molecule has 0 radical (unpaired) electrons. The Morgan fingerprint density at radius 3 is 2.13 bits per heavy atom. The van der Waals surface area contributed by atoms with Crippen molar-refractivity contribution in [3.63, 3.8) is 0 Å². The Bertz CT molecular complexity index is 2430. The third-order valence-corrected chi connectivity index (χ3v) is 10.8. The normalized spacial score (nSPS) is 13.3.